The molecule has 0 bridgehead atoms. The number of ether oxygens (including phenoxy) is 1. The third-order valence-corrected chi connectivity index (χ3v) is 7.22. The fourth-order valence-electron chi connectivity index (χ4n) is 3.96. The van der Waals surface area contributed by atoms with Crippen LogP contribution in [0.25, 0.3) is 0 Å². The second-order valence-corrected chi connectivity index (χ2v) is 11.1. The summed E-state index contributed by atoms with van der Waals surface area (Å²) in [6, 6.07) is 15.9. The van der Waals surface area contributed by atoms with Gasteiger partial charge in [0.1, 0.15) is 25.9 Å². The lowest BCUT2D eigenvalue weighted by atomic mass is 9.96. The molecule has 0 aliphatic rings. The number of hydrogen-bond acceptors (Lipinski definition) is 6. The number of carbonyl (C=O) groups is 3. The Morgan fingerprint density at radius 3 is 2.26 bits per heavy atom. The van der Waals surface area contributed by atoms with E-state index in [1.54, 1.807) is 24.3 Å². The van der Waals surface area contributed by atoms with Gasteiger partial charge in [-0.15, -0.1) is 11.3 Å². The van der Waals surface area contributed by atoms with Gasteiger partial charge in [0, 0.05) is 22.8 Å². The van der Waals surface area contributed by atoms with Gasteiger partial charge in [-0.25, -0.2) is 13.8 Å². The Labute approximate surface area is 250 Å². The fraction of sp³-hybridized carbons (Fsp3) is 0.172. The van der Waals surface area contributed by atoms with Crippen LogP contribution < -0.4 is 26.2 Å². The first-order chi connectivity index (χ1) is 20.0. The summed E-state index contributed by atoms with van der Waals surface area (Å²) in [6.45, 7) is 2.87. The van der Waals surface area contributed by atoms with Crippen molar-refractivity contribution in [2.45, 2.75) is 26.8 Å². The van der Waals surface area contributed by atoms with Gasteiger partial charge in [-0.3, -0.25) is 14.4 Å². The molecule has 42 heavy (non-hydrogen) atoms. The predicted octanol–water partition coefficient (Wildman–Crippen LogP) is 4.75. The van der Waals surface area contributed by atoms with Crippen LogP contribution in [0.2, 0.25) is 5.02 Å². The second-order valence-electron chi connectivity index (χ2n) is 9.32. The average Bonchev–Trinajstić information content (AvgIpc) is 3.30. The molecule has 216 valence electrons. The first-order valence-electron chi connectivity index (χ1n) is 12.7. The first kappa shape index (κ1) is 30.7. The van der Waals surface area contributed by atoms with E-state index in [1.165, 1.54) is 35.6 Å². The van der Waals surface area contributed by atoms with Gasteiger partial charge in [0.05, 0.1) is 21.2 Å². The van der Waals surface area contributed by atoms with Gasteiger partial charge in [0.25, 0.3) is 24.1 Å². The highest BCUT2D eigenvalue weighted by Gasteiger charge is 2.19. The van der Waals surface area contributed by atoms with Gasteiger partial charge in [-0.2, -0.15) is 0 Å². The van der Waals surface area contributed by atoms with Crippen LogP contribution in [0.5, 0.6) is 5.75 Å². The highest BCUT2D eigenvalue weighted by atomic mass is 35.5. The lowest BCUT2D eigenvalue weighted by Gasteiger charge is -2.14. The van der Waals surface area contributed by atoms with E-state index >= 15 is 0 Å². The Bertz CT molecular complexity index is 1630. The molecule has 0 spiro atoms. The van der Waals surface area contributed by atoms with Gasteiger partial charge < -0.3 is 20.7 Å². The highest BCUT2D eigenvalue weighted by molar-refractivity contribution is 7.11. The Morgan fingerprint density at radius 2 is 1.60 bits per heavy atom. The Morgan fingerprint density at radius 1 is 0.929 bits per heavy atom. The molecular weight excluding hydrogens is 585 g/mol. The number of rotatable bonds is 10. The summed E-state index contributed by atoms with van der Waals surface area (Å²) in [5.41, 5.74) is 2.76. The standard InChI is InChI=1S/C29H26BClF2N4O4S/c1-15-26(35-16(2)42-15)29(40)34-13-17-3-9-23(31)21(11-17)27(38)37-20-8-10-24(41-14-25(32)33)22(12-20)28(39)36-19-6-4-18(30)5-7-19/h3-12,25H,13-14,30H2,1-2H3,(H,34,40)(H,36,39)(H,37,38). The summed E-state index contributed by atoms with van der Waals surface area (Å²) < 4.78 is 30.8. The molecule has 0 aliphatic carbocycles. The number of halogens is 3. The van der Waals surface area contributed by atoms with E-state index < -0.39 is 24.8 Å². The molecule has 0 fully saturated rings. The molecule has 4 aromatic rings. The van der Waals surface area contributed by atoms with Crippen LogP contribution in [-0.2, 0) is 6.54 Å². The first-order valence-corrected chi connectivity index (χ1v) is 13.9. The summed E-state index contributed by atoms with van der Waals surface area (Å²) in [6.07, 6.45) is -2.74. The minimum Gasteiger partial charge on any atom is -0.487 e. The number of carbonyl (C=O) groups excluding carboxylic acids is 3. The van der Waals surface area contributed by atoms with Crippen molar-refractivity contribution >= 4 is 65.3 Å². The van der Waals surface area contributed by atoms with E-state index in [2.05, 4.69) is 20.9 Å². The number of anilines is 2. The molecular formula is C29H26BClF2N4O4S. The summed E-state index contributed by atoms with van der Waals surface area (Å²) in [4.78, 5) is 43.9. The molecule has 3 aromatic carbocycles. The van der Waals surface area contributed by atoms with Crippen molar-refractivity contribution in [1.82, 2.24) is 10.3 Å². The molecule has 0 atom stereocenters. The van der Waals surface area contributed by atoms with E-state index in [9.17, 15) is 23.2 Å². The molecule has 8 nitrogen and oxygen atoms in total. The zero-order chi connectivity index (χ0) is 30.4. The molecule has 0 unspecified atom stereocenters. The second kappa shape index (κ2) is 13.6. The van der Waals surface area contributed by atoms with Crippen molar-refractivity contribution in [3.63, 3.8) is 0 Å². The van der Waals surface area contributed by atoms with E-state index in [-0.39, 0.29) is 40.0 Å². The summed E-state index contributed by atoms with van der Waals surface area (Å²) in [5.74, 6) is -1.59. The summed E-state index contributed by atoms with van der Waals surface area (Å²) in [7, 11) is 1.90. The quantitative estimate of drug-likeness (QED) is 0.225. The molecule has 3 N–H and O–H groups in total. The number of thiazole rings is 1. The third kappa shape index (κ3) is 7.92. The normalized spacial score (nSPS) is 10.8. The molecule has 4 rings (SSSR count). The van der Waals surface area contributed by atoms with E-state index in [4.69, 9.17) is 16.3 Å². The van der Waals surface area contributed by atoms with Gasteiger partial charge >= 0.3 is 0 Å². The number of benzene rings is 3. The molecule has 0 saturated heterocycles. The monoisotopic (exact) mass is 610 g/mol. The fourth-order valence-corrected chi connectivity index (χ4v) is 4.98. The molecule has 13 heteroatoms. The lowest BCUT2D eigenvalue weighted by Crippen LogP contribution is -2.24. The van der Waals surface area contributed by atoms with E-state index in [1.807, 2.05) is 33.8 Å². The predicted molar refractivity (Wildman–Crippen MR) is 163 cm³/mol. The molecule has 0 radical (unpaired) electrons. The van der Waals surface area contributed by atoms with Crippen molar-refractivity contribution in [2.24, 2.45) is 0 Å². The Balaban J connectivity index is 1.51. The zero-order valence-corrected chi connectivity index (χ0v) is 24.5. The number of aryl methyl sites for hydroxylation is 2. The van der Waals surface area contributed by atoms with Crippen LogP contribution in [0.3, 0.4) is 0 Å². The lowest BCUT2D eigenvalue weighted by molar-refractivity contribution is 0.0803. The van der Waals surface area contributed by atoms with Crippen LogP contribution in [0.1, 0.15) is 46.7 Å². The zero-order valence-electron chi connectivity index (χ0n) is 22.9. The minimum atomic E-state index is -2.74. The van der Waals surface area contributed by atoms with Gasteiger partial charge in [-0.05, 0) is 61.9 Å². The molecule has 1 aromatic heterocycles. The van der Waals surface area contributed by atoms with Crippen molar-refractivity contribution in [3.05, 3.63) is 98.0 Å². The highest BCUT2D eigenvalue weighted by Crippen LogP contribution is 2.26. The average molecular weight is 611 g/mol. The molecule has 1 heterocycles. The number of nitrogens with one attached hydrogen (secondary N) is 3. The Hall–Kier alpha value is -4.29. The summed E-state index contributed by atoms with van der Waals surface area (Å²) in [5, 5.41) is 9.13. The van der Waals surface area contributed by atoms with Crippen molar-refractivity contribution in [3.8, 4) is 5.75 Å². The SMILES string of the molecule is Bc1ccc(NC(=O)c2cc(NC(=O)c3cc(CNC(=O)c4nc(C)sc4C)ccc3Cl)ccc2OCC(F)F)cc1. The van der Waals surface area contributed by atoms with Crippen LogP contribution in [0, 0.1) is 13.8 Å². The number of hydrogen-bond donors (Lipinski definition) is 3. The van der Waals surface area contributed by atoms with E-state index in [0.29, 0.717) is 16.9 Å². The van der Waals surface area contributed by atoms with Gasteiger partial charge in [0.2, 0.25) is 0 Å². The van der Waals surface area contributed by atoms with E-state index in [0.717, 1.165) is 15.3 Å². The van der Waals surface area contributed by atoms with Gasteiger partial charge in [-0.1, -0.05) is 35.3 Å². The maximum absolute atomic E-state index is 13.2. The van der Waals surface area contributed by atoms with Crippen LogP contribution in [-0.4, -0.2) is 43.6 Å². The maximum atomic E-state index is 13.2. The van der Waals surface area contributed by atoms with Crippen LogP contribution in [0.4, 0.5) is 20.2 Å². The van der Waals surface area contributed by atoms with Crippen molar-refractivity contribution < 1.29 is 27.9 Å². The topological polar surface area (TPSA) is 109 Å². The van der Waals surface area contributed by atoms with Crippen LogP contribution >= 0.6 is 22.9 Å². The Kier molecular flexibility index (Phi) is 9.92. The molecule has 0 aliphatic heterocycles. The van der Waals surface area contributed by atoms with Crippen LogP contribution in [0.15, 0.2) is 60.7 Å². The smallest absolute Gasteiger partial charge is 0.272 e. The van der Waals surface area contributed by atoms with Gasteiger partial charge in [0.15, 0.2) is 0 Å². The third-order valence-electron chi connectivity index (χ3n) is 6.00. The maximum Gasteiger partial charge on any atom is 0.272 e. The number of amides is 3. The number of nitrogens with zero attached hydrogens (tertiary/aromatic N) is 1. The minimum absolute atomic E-state index is 0.0517. The summed E-state index contributed by atoms with van der Waals surface area (Å²) >= 11 is 7.73. The molecule has 3 amide bonds. The number of alkyl halides is 2. The largest absolute Gasteiger partial charge is 0.487 e. The van der Waals surface area contributed by atoms with Crippen molar-refractivity contribution in [2.75, 3.05) is 17.2 Å². The molecule has 0 saturated carbocycles. The van der Waals surface area contributed by atoms with Crippen molar-refractivity contribution in [1.29, 1.82) is 0 Å². The number of aromatic nitrogens is 1.